The van der Waals surface area contributed by atoms with Gasteiger partial charge in [0.05, 0.1) is 13.7 Å². The predicted molar refractivity (Wildman–Crippen MR) is 56.3 cm³/mol. The highest BCUT2D eigenvalue weighted by molar-refractivity contribution is 5.34. The van der Waals surface area contributed by atoms with Crippen molar-refractivity contribution in [2.75, 3.05) is 21.2 Å². The van der Waals surface area contributed by atoms with Crippen molar-refractivity contribution in [2.24, 2.45) is 0 Å². The maximum Gasteiger partial charge on any atom is 0.119 e. The number of ether oxygens (including phenoxy) is 1. The first kappa shape index (κ1) is 11.0. The number of rotatable bonds is 4. The lowest BCUT2D eigenvalue weighted by molar-refractivity contribution is 0.280. The van der Waals surface area contributed by atoms with Gasteiger partial charge < -0.3 is 14.7 Å². The Hall–Kier alpha value is -1.06. The van der Waals surface area contributed by atoms with Gasteiger partial charge in [-0.1, -0.05) is 6.07 Å². The Morgan fingerprint density at radius 1 is 1.21 bits per heavy atom. The molecule has 0 saturated carbocycles. The molecule has 0 aromatic heterocycles. The van der Waals surface area contributed by atoms with Gasteiger partial charge in [0.25, 0.3) is 0 Å². The van der Waals surface area contributed by atoms with Crippen molar-refractivity contribution in [2.45, 2.75) is 13.2 Å². The summed E-state index contributed by atoms with van der Waals surface area (Å²) in [5.41, 5.74) is 2.04. The molecule has 0 aliphatic carbocycles. The summed E-state index contributed by atoms with van der Waals surface area (Å²) in [4.78, 5) is 2.08. The van der Waals surface area contributed by atoms with Crippen LogP contribution in [0.2, 0.25) is 0 Å². The first-order valence-electron chi connectivity index (χ1n) is 4.58. The van der Waals surface area contributed by atoms with Crippen molar-refractivity contribution in [1.29, 1.82) is 0 Å². The van der Waals surface area contributed by atoms with E-state index >= 15 is 0 Å². The molecule has 14 heavy (non-hydrogen) atoms. The molecule has 3 heteroatoms. The molecular weight excluding hydrogens is 178 g/mol. The van der Waals surface area contributed by atoms with Gasteiger partial charge in [-0.2, -0.15) is 0 Å². The van der Waals surface area contributed by atoms with Crippen molar-refractivity contribution in [1.82, 2.24) is 4.90 Å². The third-order valence-corrected chi connectivity index (χ3v) is 1.94. The summed E-state index contributed by atoms with van der Waals surface area (Å²) in [5.74, 6) is 0.799. The second-order valence-corrected chi connectivity index (χ2v) is 3.59. The molecule has 78 valence electrons. The topological polar surface area (TPSA) is 32.7 Å². The van der Waals surface area contributed by atoms with Crippen LogP contribution in [0.1, 0.15) is 11.1 Å². The number of aliphatic hydroxyl groups excluding tert-OH is 1. The van der Waals surface area contributed by atoms with E-state index in [9.17, 15) is 0 Å². The van der Waals surface area contributed by atoms with Gasteiger partial charge in [0, 0.05) is 6.54 Å². The Morgan fingerprint density at radius 2 is 1.86 bits per heavy atom. The van der Waals surface area contributed by atoms with Crippen LogP contribution in [0.15, 0.2) is 18.2 Å². The first-order chi connectivity index (χ1) is 6.65. The lowest BCUT2D eigenvalue weighted by Crippen LogP contribution is -2.11. The molecule has 0 aliphatic heterocycles. The van der Waals surface area contributed by atoms with Gasteiger partial charge >= 0.3 is 0 Å². The van der Waals surface area contributed by atoms with Crippen LogP contribution >= 0.6 is 0 Å². The van der Waals surface area contributed by atoms with Crippen LogP contribution in [0.25, 0.3) is 0 Å². The van der Waals surface area contributed by atoms with Crippen molar-refractivity contribution in [3.05, 3.63) is 29.3 Å². The van der Waals surface area contributed by atoms with E-state index in [1.54, 1.807) is 7.11 Å². The van der Waals surface area contributed by atoms with E-state index < -0.39 is 0 Å². The molecule has 0 saturated heterocycles. The zero-order valence-corrected chi connectivity index (χ0v) is 8.95. The van der Waals surface area contributed by atoms with E-state index in [1.807, 2.05) is 32.3 Å². The molecule has 0 amide bonds. The van der Waals surface area contributed by atoms with Crippen LogP contribution in [0, 0.1) is 0 Å². The Labute approximate surface area is 84.9 Å². The number of hydrogen-bond donors (Lipinski definition) is 1. The summed E-state index contributed by atoms with van der Waals surface area (Å²) >= 11 is 0. The highest BCUT2D eigenvalue weighted by atomic mass is 16.5. The van der Waals surface area contributed by atoms with Crippen molar-refractivity contribution >= 4 is 0 Å². The second kappa shape index (κ2) is 4.98. The van der Waals surface area contributed by atoms with Gasteiger partial charge in [-0.25, -0.2) is 0 Å². The highest BCUT2D eigenvalue weighted by Gasteiger charge is 2.01. The normalized spacial score (nSPS) is 10.6. The van der Waals surface area contributed by atoms with Gasteiger partial charge in [0.2, 0.25) is 0 Å². The Bertz CT molecular complexity index is 275. The molecule has 0 bridgehead atoms. The molecule has 1 aromatic carbocycles. The monoisotopic (exact) mass is 195 g/mol. The van der Waals surface area contributed by atoms with E-state index in [2.05, 4.69) is 4.90 Å². The van der Waals surface area contributed by atoms with E-state index in [-0.39, 0.29) is 6.61 Å². The molecule has 0 radical (unpaired) electrons. The Kier molecular flexibility index (Phi) is 3.92. The lowest BCUT2D eigenvalue weighted by atomic mass is 10.1. The van der Waals surface area contributed by atoms with E-state index in [4.69, 9.17) is 9.84 Å². The molecular formula is C11H17NO2. The molecule has 1 N–H and O–H groups in total. The summed E-state index contributed by atoms with van der Waals surface area (Å²) in [5, 5.41) is 9.05. The van der Waals surface area contributed by atoms with E-state index in [0.717, 1.165) is 23.4 Å². The van der Waals surface area contributed by atoms with E-state index in [0.29, 0.717) is 0 Å². The molecule has 3 nitrogen and oxygen atoms in total. The lowest BCUT2D eigenvalue weighted by Gasteiger charge is -2.12. The fourth-order valence-corrected chi connectivity index (χ4v) is 1.39. The predicted octanol–water partition coefficient (Wildman–Crippen LogP) is 1.25. The van der Waals surface area contributed by atoms with Gasteiger partial charge in [-0.05, 0) is 37.4 Å². The smallest absolute Gasteiger partial charge is 0.119 e. The standard InChI is InChI=1S/C11H17NO2/c1-12(2)7-9-4-10(8-13)6-11(5-9)14-3/h4-6,13H,7-8H2,1-3H3. The molecule has 0 atom stereocenters. The summed E-state index contributed by atoms with van der Waals surface area (Å²) in [6.07, 6.45) is 0. The number of hydrogen-bond acceptors (Lipinski definition) is 3. The SMILES string of the molecule is COc1cc(CO)cc(CN(C)C)c1. The molecule has 1 rings (SSSR count). The quantitative estimate of drug-likeness (QED) is 0.784. The Morgan fingerprint density at radius 3 is 2.36 bits per heavy atom. The number of aliphatic hydroxyl groups is 1. The summed E-state index contributed by atoms with van der Waals surface area (Å²) < 4.78 is 5.15. The third-order valence-electron chi connectivity index (χ3n) is 1.94. The van der Waals surface area contributed by atoms with Gasteiger partial charge in [0.15, 0.2) is 0 Å². The van der Waals surface area contributed by atoms with E-state index in [1.165, 1.54) is 0 Å². The maximum absolute atomic E-state index is 9.05. The first-order valence-corrected chi connectivity index (χ1v) is 4.58. The van der Waals surface area contributed by atoms with Crippen molar-refractivity contribution in [3.63, 3.8) is 0 Å². The maximum atomic E-state index is 9.05. The molecule has 0 unspecified atom stereocenters. The number of nitrogens with zero attached hydrogens (tertiary/aromatic N) is 1. The van der Waals surface area contributed by atoms with Crippen LogP contribution in [-0.4, -0.2) is 31.2 Å². The second-order valence-electron chi connectivity index (χ2n) is 3.59. The largest absolute Gasteiger partial charge is 0.497 e. The van der Waals surface area contributed by atoms with Crippen molar-refractivity contribution < 1.29 is 9.84 Å². The summed E-state index contributed by atoms with van der Waals surface area (Å²) in [6, 6.07) is 5.82. The fraction of sp³-hybridized carbons (Fsp3) is 0.455. The van der Waals surface area contributed by atoms with Crippen LogP contribution in [0.5, 0.6) is 5.75 Å². The fourth-order valence-electron chi connectivity index (χ4n) is 1.39. The molecule has 0 heterocycles. The highest BCUT2D eigenvalue weighted by Crippen LogP contribution is 2.17. The van der Waals surface area contributed by atoms with Crippen molar-refractivity contribution in [3.8, 4) is 5.75 Å². The third kappa shape index (κ3) is 3.01. The van der Waals surface area contributed by atoms with Crippen LogP contribution in [0.3, 0.4) is 0 Å². The average Bonchev–Trinajstić information content (AvgIpc) is 2.16. The number of methoxy groups -OCH3 is 1. The van der Waals surface area contributed by atoms with Crippen LogP contribution in [0.4, 0.5) is 0 Å². The zero-order chi connectivity index (χ0) is 10.6. The van der Waals surface area contributed by atoms with Crippen LogP contribution in [-0.2, 0) is 13.2 Å². The minimum atomic E-state index is 0.0532. The number of benzene rings is 1. The summed E-state index contributed by atoms with van der Waals surface area (Å²) in [6.45, 7) is 0.905. The molecule has 0 fully saturated rings. The summed E-state index contributed by atoms with van der Waals surface area (Å²) in [7, 11) is 5.66. The zero-order valence-electron chi connectivity index (χ0n) is 8.95. The average molecular weight is 195 g/mol. The van der Waals surface area contributed by atoms with Crippen LogP contribution < -0.4 is 4.74 Å². The molecule has 0 aliphatic rings. The minimum Gasteiger partial charge on any atom is -0.497 e. The Balaban J connectivity index is 2.92. The van der Waals surface area contributed by atoms with Gasteiger partial charge in [-0.3, -0.25) is 0 Å². The molecule has 1 aromatic rings. The molecule has 0 spiro atoms. The minimum absolute atomic E-state index is 0.0532. The van der Waals surface area contributed by atoms with Gasteiger partial charge in [-0.15, -0.1) is 0 Å². The van der Waals surface area contributed by atoms with Gasteiger partial charge in [0.1, 0.15) is 5.75 Å².